The SMILES string of the molecule is CCC(C)(CC)CC(C)(F)F.CCC(C)(CC)CC(C)F.CCC(C)(CC)CC1(C)COC1.CCC(C)(CC)CC1(CC)COC1.CCC(C)(CC)CC1(CF)CC1.CCC(C)(F)CC(C)(CC)CC.CCC(C)(F)CC(C)(CC)CC.CCC(F)(F)CC(C)(CC)CC.CCC(F)(F)CC(C)(CC)CC. The van der Waals surface area contributed by atoms with Gasteiger partial charge in [0.2, 0.25) is 17.8 Å². The first-order chi connectivity index (χ1) is 48.2. The van der Waals surface area contributed by atoms with Gasteiger partial charge in [0.1, 0.15) is 11.3 Å². The fraction of sp³-hybridized carbons (Fsp3) is 1.00. The van der Waals surface area contributed by atoms with Gasteiger partial charge in [-0.2, -0.15) is 0 Å². The Morgan fingerprint density at radius 1 is 0.292 bits per heavy atom. The number of alkyl halides is 10. The lowest BCUT2D eigenvalue weighted by atomic mass is 9.67. The molecule has 0 N–H and O–H groups in total. The third-order valence-corrected chi connectivity index (χ3v) is 28.5. The van der Waals surface area contributed by atoms with Gasteiger partial charge in [-0.3, -0.25) is 4.39 Å². The van der Waals surface area contributed by atoms with Crippen LogP contribution in [0.25, 0.3) is 0 Å². The minimum atomic E-state index is -2.51. The van der Waals surface area contributed by atoms with Crippen LogP contribution in [-0.4, -0.2) is 68.4 Å². The van der Waals surface area contributed by atoms with Crippen LogP contribution in [0.1, 0.15) is 474 Å². The van der Waals surface area contributed by atoms with Crippen LogP contribution in [0.5, 0.6) is 0 Å². The summed E-state index contributed by atoms with van der Waals surface area (Å²) in [5.41, 5.74) is 0.731. The van der Waals surface area contributed by atoms with E-state index in [9.17, 15) is 43.9 Å². The fourth-order valence-electron chi connectivity index (χ4n) is 14.2. The molecule has 0 aromatic heterocycles. The highest BCUT2D eigenvalue weighted by Crippen LogP contribution is 2.55. The van der Waals surface area contributed by atoms with Crippen molar-refractivity contribution in [3.8, 4) is 0 Å². The lowest BCUT2D eigenvalue weighted by molar-refractivity contribution is -0.136. The van der Waals surface area contributed by atoms with Crippen molar-refractivity contribution < 1.29 is 53.4 Å². The molecule has 0 spiro atoms. The third-order valence-electron chi connectivity index (χ3n) is 28.5. The average Bonchev–Trinajstić information content (AvgIpc) is 1.41. The van der Waals surface area contributed by atoms with Crippen molar-refractivity contribution in [3.63, 3.8) is 0 Å². The van der Waals surface area contributed by atoms with Crippen molar-refractivity contribution in [2.75, 3.05) is 33.1 Å². The summed E-state index contributed by atoms with van der Waals surface area (Å²) in [4.78, 5) is 0. The first kappa shape index (κ1) is 116. The second-order valence-corrected chi connectivity index (χ2v) is 38.9. The minimum absolute atomic E-state index is 0.00694. The van der Waals surface area contributed by atoms with E-state index in [1.54, 1.807) is 34.6 Å². The van der Waals surface area contributed by atoms with Crippen LogP contribution < -0.4 is 0 Å². The maximum absolute atomic E-state index is 13.7. The summed E-state index contributed by atoms with van der Waals surface area (Å²) in [5.74, 6) is -7.46. The molecule has 3 rings (SSSR count). The van der Waals surface area contributed by atoms with Crippen LogP contribution in [0.2, 0.25) is 0 Å². The van der Waals surface area contributed by atoms with Crippen LogP contribution >= 0.6 is 0 Å². The van der Waals surface area contributed by atoms with Gasteiger partial charge in [0.15, 0.2) is 0 Å². The second kappa shape index (κ2) is 52.7. The van der Waals surface area contributed by atoms with Gasteiger partial charge in [0, 0.05) is 42.9 Å². The number of ether oxygens (including phenoxy) is 2. The first-order valence-electron chi connectivity index (χ1n) is 44.0. The molecule has 648 valence electrons. The monoisotopic (exact) mass is 1540 g/mol. The zero-order valence-corrected chi connectivity index (χ0v) is 78.3. The second-order valence-electron chi connectivity index (χ2n) is 38.9. The highest BCUT2D eigenvalue weighted by atomic mass is 19.3. The van der Waals surface area contributed by atoms with Gasteiger partial charge < -0.3 is 9.47 Å². The third kappa shape index (κ3) is 51.1. The van der Waals surface area contributed by atoms with E-state index in [0.717, 1.165) is 130 Å². The lowest BCUT2D eigenvalue weighted by Gasteiger charge is -2.46. The maximum atomic E-state index is 13.7. The summed E-state index contributed by atoms with van der Waals surface area (Å²) in [5, 5.41) is 0. The Morgan fingerprint density at radius 2 is 0.528 bits per heavy atom. The smallest absolute Gasteiger partial charge is 0.248 e. The Hall–Kier alpha value is -0.780. The minimum Gasteiger partial charge on any atom is -0.380 e. The van der Waals surface area contributed by atoms with Crippen LogP contribution in [0.3, 0.4) is 0 Å². The molecule has 0 bridgehead atoms. The van der Waals surface area contributed by atoms with E-state index in [4.69, 9.17) is 9.47 Å². The molecule has 3 fully saturated rings. The Morgan fingerprint density at radius 3 is 0.679 bits per heavy atom. The van der Waals surface area contributed by atoms with Crippen molar-refractivity contribution >= 4 is 0 Å². The van der Waals surface area contributed by atoms with E-state index < -0.39 is 35.3 Å². The van der Waals surface area contributed by atoms with Crippen molar-refractivity contribution in [1.82, 2.24) is 0 Å². The van der Waals surface area contributed by atoms with Gasteiger partial charge in [-0.05, 0) is 152 Å². The van der Waals surface area contributed by atoms with Crippen molar-refractivity contribution in [3.05, 3.63) is 0 Å². The molecule has 0 amide bonds. The molecule has 2 aliphatic heterocycles. The van der Waals surface area contributed by atoms with Crippen LogP contribution in [-0.2, 0) is 9.47 Å². The van der Waals surface area contributed by atoms with E-state index in [0.29, 0.717) is 59.2 Å². The Labute approximate surface area is 658 Å². The highest BCUT2D eigenvalue weighted by Gasteiger charge is 2.47. The van der Waals surface area contributed by atoms with Crippen molar-refractivity contribution in [1.29, 1.82) is 0 Å². The Kier molecular flexibility index (Phi) is 57.7. The summed E-state index contributed by atoms with van der Waals surface area (Å²) in [6, 6.07) is 0. The molecule has 106 heavy (non-hydrogen) atoms. The molecule has 12 heteroatoms. The molecule has 2 nitrogen and oxygen atoms in total. The lowest BCUT2D eigenvalue weighted by Crippen LogP contribution is -2.45. The molecule has 3 atom stereocenters. The largest absolute Gasteiger partial charge is 0.380 e. The predicted molar refractivity (Wildman–Crippen MR) is 451 cm³/mol. The van der Waals surface area contributed by atoms with E-state index in [2.05, 4.69) is 138 Å². The van der Waals surface area contributed by atoms with E-state index in [-0.39, 0.29) is 76.7 Å². The Balaban J connectivity index is -0.000000266. The predicted octanol–water partition coefficient (Wildman–Crippen LogP) is 35.4. The van der Waals surface area contributed by atoms with Crippen LogP contribution in [0.4, 0.5) is 43.9 Å². The number of hydrogen-bond acceptors (Lipinski definition) is 2. The maximum Gasteiger partial charge on any atom is 0.248 e. The first-order valence-corrected chi connectivity index (χ1v) is 44.0. The normalized spacial score (nSPS) is 17.3. The van der Waals surface area contributed by atoms with Gasteiger partial charge in [-0.1, -0.05) is 344 Å². The summed E-state index contributed by atoms with van der Waals surface area (Å²) in [7, 11) is 0. The molecule has 0 aromatic rings. The van der Waals surface area contributed by atoms with Gasteiger partial charge >= 0.3 is 0 Å². The zero-order valence-electron chi connectivity index (χ0n) is 78.3. The summed E-state index contributed by atoms with van der Waals surface area (Å²) in [6.07, 6.45) is 29.0. The van der Waals surface area contributed by atoms with Crippen molar-refractivity contribution in [2.24, 2.45) is 65.0 Å². The molecule has 3 aliphatic rings. The molecule has 2 saturated heterocycles. The van der Waals surface area contributed by atoms with Crippen LogP contribution in [0, 0.1) is 65.0 Å². The summed E-state index contributed by atoms with van der Waals surface area (Å²) < 4.78 is 140. The molecule has 1 aliphatic carbocycles. The standard InChI is InChI=1S/C12H24O.C11H21F.2C11H23F.C11H22O.2C10H20F2.C9H18F2.C9H19F/c1-5-11(4,6-2)8-12(7-3)9-13-10-12;1-4-10(3,5-2)8-11(9-12)6-7-11;2*1-6-10(4,7-2)9-11(5,12)8-3;1-5-10(3,6-2)7-11(4)8-12-9-11;2*1-5-9(4,6-2)8-10(11,12)7-3;1-5-8(3,6-2)7-9(4,10)11;1-5-9(4,6-2)7-8(3)10/h5-10H2,1-4H3;4-9H2,1-3H3;2*6-9H2,1-5H3;5-9H2,1-4H3;2*5-8H2,1-4H3;5-7H2,1-4H3;8H,5-7H2,1-4H3. The van der Waals surface area contributed by atoms with Gasteiger partial charge in [0.25, 0.3) is 0 Å². The molecule has 1 saturated carbocycles. The quantitative estimate of drug-likeness (QED) is 0.0567. The van der Waals surface area contributed by atoms with Gasteiger partial charge in [-0.15, -0.1) is 0 Å². The summed E-state index contributed by atoms with van der Waals surface area (Å²) in [6.45, 7) is 79.3. The molecule has 0 aromatic carbocycles. The zero-order chi connectivity index (χ0) is 85.1. The fourth-order valence-corrected chi connectivity index (χ4v) is 14.2. The number of hydrogen-bond donors (Lipinski definition) is 0. The topological polar surface area (TPSA) is 18.5 Å². The Bertz CT molecular complexity index is 1820. The van der Waals surface area contributed by atoms with Crippen molar-refractivity contribution in [2.45, 2.75) is 510 Å². The summed E-state index contributed by atoms with van der Waals surface area (Å²) >= 11 is 0. The molecule has 3 unspecified atom stereocenters. The molecule has 0 radical (unpaired) electrons. The van der Waals surface area contributed by atoms with Gasteiger partial charge in [0.05, 0.1) is 39.3 Å². The van der Waals surface area contributed by atoms with Crippen LogP contribution in [0.15, 0.2) is 0 Å². The van der Waals surface area contributed by atoms with E-state index in [1.807, 2.05) is 76.2 Å². The number of halogens is 10. The molecule has 2 heterocycles. The average molecular weight is 1540 g/mol. The van der Waals surface area contributed by atoms with E-state index >= 15 is 0 Å². The van der Waals surface area contributed by atoms with Gasteiger partial charge in [-0.25, -0.2) is 39.5 Å². The number of rotatable bonds is 42. The highest BCUT2D eigenvalue weighted by molar-refractivity contribution is 4.97. The molecular weight excluding hydrogens is 1350 g/mol. The van der Waals surface area contributed by atoms with E-state index in [1.165, 1.54) is 57.8 Å². The molecular formula is C94H190F10O2.